The molecule has 1 atom stereocenters. The fraction of sp³-hybridized carbons (Fsp3) is 0.364. The van der Waals surface area contributed by atoms with E-state index < -0.39 is 5.91 Å². The van der Waals surface area contributed by atoms with E-state index in [1.54, 1.807) is 24.3 Å². The van der Waals surface area contributed by atoms with Crippen LogP contribution in [0.4, 0.5) is 0 Å². The minimum Gasteiger partial charge on any atom is -0.491 e. The number of benzene rings is 2. The van der Waals surface area contributed by atoms with E-state index in [1.165, 1.54) is 5.56 Å². The molecule has 2 amide bonds. The zero-order valence-corrected chi connectivity index (χ0v) is 16.8. The first-order valence-electron chi connectivity index (χ1n) is 9.20. The second kappa shape index (κ2) is 9.26. The van der Waals surface area contributed by atoms with Crippen molar-refractivity contribution in [2.75, 3.05) is 13.2 Å². The Morgan fingerprint density at radius 2 is 1.50 bits per heavy atom. The van der Waals surface area contributed by atoms with Gasteiger partial charge in [-0.1, -0.05) is 32.9 Å². The molecule has 0 fully saturated rings. The Morgan fingerprint density at radius 1 is 0.964 bits per heavy atom. The SMILES string of the molecule is CC(COc1ccc(C(C)(C)C)cc1)NC(=O)COc1ccc(C(N)=O)cc1. The van der Waals surface area contributed by atoms with Crippen LogP contribution in [0.2, 0.25) is 0 Å². The van der Waals surface area contributed by atoms with Crippen molar-refractivity contribution < 1.29 is 19.1 Å². The molecule has 6 nitrogen and oxygen atoms in total. The summed E-state index contributed by atoms with van der Waals surface area (Å²) in [4.78, 5) is 23.0. The Labute approximate surface area is 166 Å². The van der Waals surface area contributed by atoms with Crippen LogP contribution in [-0.4, -0.2) is 31.1 Å². The molecule has 0 saturated heterocycles. The number of carbonyl (C=O) groups is 2. The highest BCUT2D eigenvalue weighted by atomic mass is 16.5. The number of hydrogen-bond donors (Lipinski definition) is 2. The van der Waals surface area contributed by atoms with Gasteiger partial charge in [0, 0.05) is 5.56 Å². The standard InChI is InChI=1S/C22H28N2O4/c1-15(13-27-19-11-7-17(8-12-19)22(2,3)4)24-20(25)14-28-18-9-5-16(6-10-18)21(23)26/h5-12,15H,13-14H2,1-4H3,(H2,23,26)(H,24,25). The molecule has 28 heavy (non-hydrogen) atoms. The van der Waals surface area contributed by atoms with Gasteiger partial charge in [-0.25, -0.2) is 0 Å². The van der Waals surface area contributed by atoms with Gasteiger partial charge in [0.1, 0.15) is 18.1 Å². The Kier molecular flexibility index (Phi) is 7.04. The summed E-state index contributed by atoms with van der Waals surface area (Å²) >= 11 is 0. The topological polar surface area (TPSA) is 90.7 Å². The summed E-state index contributed by atoms with van der Waals surface area (Å²) in [5.74, 6) is 0.493. The molecule has 150 valence electrons. The van der Waals surface area contributed by atoms with E-state index in [4.69, 9.17) is 15.2 Å². The highest BCUT2D eigenvalue weighted by Crippen LogP contribution is 2.24. The summed E-state index contributed by atoms with van der Waals surface area (Å²) in [6, 6.07) is 14.1. The van der Waals surface area contributed by atoms with Gasteiger partial charge in [0.25, 0.3) is 5.91 Å². The van der Waals surface area contributed by atoms with Crippen molar-refractivity contribution in [3.05, 3.63) is 59.7 Å². The predicted octanol–water partition coefficient (Wildman–Crippen LogP) is 3.05. The minimum absolute atomic E-state index is 0.0972. The van der Waals surface area contributed by atoms with Crippen molar-refractivity contribution >= 4 is 11.8 Å². The molecule has 0 saturated carbocycles. The van der Waals surface area contributed by atoms with E-state index in [2.05, 4.69) is 38.2 Å². The molecule has 2 aromatic rings. The Morgan fingerprint density at radius 3 is 2.04 bits per heavy atom. The summed E-state index contributed by atoms with van der Waals surface area (Å²) < 4.78 is 11.1. The van der Waals surface area contributed by atoms with Gasteiger partial charge < -0.3 is 20.5 Å². The monoisotopic (exact) mass is 384 g/mol. The lowest BCUT2D eigenvalue weighted by molar-refractivity contribution is -0.123. The van der Waals surface area contributed by atoms with E-state index in [1.807, 2.05) is 19.1 Å². The first kappa shape index (κ1) is 21.3. The van der Waals surface area contributed by atoms with Gasteiger partial charge in [0.2, 0.25) is 5.91 Å². The molecule has 0 aliphatic rings. The number of ether oxygens (including phenoxy) is 2. The normalized spacial score (nSPS) is 12.1. The van der Waals surface area contributed by atoms with Crippen molar-refractivity contribution in [1.29, 1.82) is 0 Å². The molecule has 6 heteroatoms. The first-order valence-corrected chi connectivity index (χ1v) is 9.20. The van der Waals surface area contributed by atoms with Crippen molar-refractivity contribution in [2.45, 2.75) is 39.2 Å². The van der Waals surface area contributed by atoms with Gasteiger partial charge in [-0.2, -0.15) is 0 Å². The van der Waals surface area contributed by atoms with Crippen LogP contribution < -0.4 is 20.5 Å². The number of nitrogens with two attached hydrogens (primary N) is 1. The molecule has 0 heterocycles. The Hall–Kier alpha value is -3.02. The van der Waals surface area contributed by atoms with Gasteiger partial charge in [0.05, 0.1) is 6.04 Å². The van der Waals surface area contributed by atoms with E-state index in [0.29, 0.717) is 17.9 Å². The predicted molar refractivity (Wildman–Crippen MR) is 109 cm³/mol. The second-order valence-corrected chi connectivity index (χ2v) is 7.73. The third kappa shape index (κ3) is 6.61. The largest absolute Gasteiger partial charge is 0.491 e. The van der Waals surface area contributed by atoms with Crippen LogP contribution >= 0.6 is 0 Å². The maximum atomic E-state index is 12.0. The van der Waals surface area contributed by atoms with Crippen LogP contribution in [0.25, 0.3) is 0 Å². The van der Waals surface area contributed by atoms with Crippen molar-refractivity contribution in [3.8, 4) is 11.5 Å². The van der Waals surface area contributed by atoms with Crippen LogP contribution in [-0.2, 0) is 10.2 Å². The number of primary amides is 1. The van der Waals surface area contributed by atoms with Gasteiger partial charge in [-0.05, 0) is 54.3 Å². The van der Waals surface area contributed by atoms with Crippen LogP contribution in [0.5, 0.6) is 11.5 Å². The smallest absolute Gasteiger partial charge is 0.258 e. The zero-order valence-electron chi connectivity index (χ0n) is 16.8. The number of rotatable bonds is 8. The van der Waals surface area contributed by atoms with Crippen molar-refractivity contribution in [2.24, 2.45) is 5.73 Å². The molecular formula is C22H28N2O4. The molecule has 1 unspecified atom stereocenters. The average Bonchev–Trinajstić information content (AvgIpc) is 2.64. The molecule has 0 radical (unpaired) electrons. The third-order valence-corrected chi connectivity index (χ3v) is 4.14. The molecule has 2 rings (SSSR count). The molecule has 0 bridgehead atoms. The fourth-order valence-electron chi connectivity index (χ4n) is 2.49. The summed E-state index contributed by atoms with van der Waals surface area (Å²) in [5, 5.41) is 2.82. The van der Waals surface area contributed by atoms with Crippen molar-refractivity contribution in [3.63, 3.8) is 0 Å². The minimum atomic E-state index is -0.508. The maximum Gasteiger partial charge on any atom is 0.258 e. The Bertz CT molecular complexity index is 793. The average molecular weight is 384 g/mol. The van der Waals surface area contributed by atoms with Crippen LogP contribution in [0.15, 0.2) is 48.5 Å². The van der Waals surface area contributed by atoms with Gasteiger partial charge in [0.15, 0.2) is 6.61 Å². The van der Waals surface area contributed by atoms with E-state index in [9.17, 15) is 9.59 Å². The van der Waals surface area contributed by atoms with Crippen LogP contribution in [0.3, 0.4) is 0 Å². The number of nitrogens with one attached hydrogen (secondary N) is 1. The number of hydrogen-bond acceptors (Lipinski definition) is 4. The molecule has 0 aliphatic carbocycles. The van der Waals surface area contributed by atoms with E-state index >= 15 is 0 Å². The Balaban J connectivity index is 1.74. The second-order valence-electron chi connectivity index (χ2n) is 7.73. The van der Waals surface area contributed by atoms with Gasteiger partial charge in [-0.15, -0.1) is 0 Å². The number of amides is 2. The highest BCUT2D eigenvalue weighted by Gasteiger charge is 2.13. The summed E-state index contributed by atoms with van der Waals surface area (Å²) in [5.41, 5.74) is 6.90. The maximum absolute atomic E-state index is 12.0. The lowest BCUT2D eigenvalue weighted by Crippen LogP contribution is -2.39. The quantitative estimate of drug-likeness (QED) is 0.732. The van der Waals surface area contributed by atoms with Crippen LogP contribution in [0.1, 0.15) is 43.6 Å². The molecule has 0 spiro atoms. The summed E-state index contributed by atoms with van der Waals surface area (Å²) in [7, 11) is 0. The fourth-order valence-corrected chi connectivity index (χ4v) is 2.49. The molecule has 2 aromatic carbocycles. The molecule has 0 aliphatic heterocycles. The summed E-state index contributed by atoms with van der Waals surface area (Å²) in [6.45, 7) is 8.58. The van der Waals surface area contributed by atoms with E-state index in [0.717, 1.165) is 5.75 Å². The number of carbonyl (C=O) groups excluding carboxylic acids is 2. The summed E-state index contributed by atoms with van der Waals surface area (Å²) in [6.07, 6.45) is 0. The van der Waals surface area contributed by atoms with Crippen LogP contribution in [0, 0.1) is 0 Å². The molecule has 0 aromatic heterocycles. The highest BCUT2D eigenvalue weighted by molar-refractivity contribution is 5.92. The van der Waals surface area contributed by atoms with Gasteiger partial charge in [-0.3, -0.25) is 9.59 Å². The first-order chi connectivity index (χ1) is 13.1. The molecule has 3 N–H and O–H groups in total. The lowest BCUT2D eigenvalue weighted by atomic mass is 9.87. The zero-order chi connectivity index (χ0) is 20.7. The van der Waals surface area contributed by atoms with E-state index in [-0.39, 0.29) is 24.0 Å². The third-order valence-electron chi connectivity index (χ3n) is 4.14. The lowest BCUT2D eigenvalue weighted by Gasteiger charge is -2.20. The molecular weight excluding hydrogens is 356 g/mol. The van der Waals surface area contributed by atoms with Gasteiger partial charge >= 0.3 is 0 Å². The van der Waals surface area contributed by atoms with Crippen molar-refractivity contribution in [1.82, 2.24) is 5.32 Å².